The summed E-state index contributed by atoms with van der Waals surface area (Å²) >= 11 is 0. The van der Waals surface area contributed by atoms with Crippen LogP contribution in [0.4, 0.5) is 0 Å². The zero-order valence-electron chi connectivity index (χ0n) is 14.8. The number of carbonyl (C=O) groups is 3. The van der Waals surface area contributed by atoms with Crippen LogP contribution in [0.2, 0.25) is 0 Å². The van der Waals surface area contributed by atoms with Gasteiger partial charge in [0.05, 0.1) is 6.10 Å². The molecule has 1 aromatic rings. The third kappa shape index (κ3) is 4.99. The summed E-state index contributed by atoms with van der Waals surface area (Å²) in [5, 5.41) is 48.1. The molecule has 0 heterocycles. The number of carbonyl (C=O) groups excluding carboxylic acids is 2. The predicted molar refractivity (Wildman–Crippen MR) is 92.1 cm³/mol. The number of aromatic hydroxyl groups is 2. The average Bonchev–Trinajstić information content (AvgIpc) is 2.58. The Morgan fingerprint density at radius 3 is 2.39 bits per heavy atom. The standard InChI is InChI=1S/C18H20O10/c1-9(19)27-16-13(22)7-18(26,17(24)25)8-14(16)28-15(23)5-3-10-2-4-11(20)12(21)6-10/h2-6,13-14,16,20-22,26H,7-8H2,1H3,(H,24,25)/b5-3+/t13-,14-,16-,18+/m1/s1. The summed E-state index contributed by atoms with van der Waals surface area (Å²) in [6, 6.07) is 3.81. The Morgan fingerprint density at radius 1 is 1.14 bits per heavy atom. The van der Waals surface area contributed by atoms with Crippen molar-refractivity contribution in [3.8, 4) is 11.5 Å². The molecule has 1 fully saturated rings. The first-order chi connectivity index (χ1) is 13.0. The monoisotopic (exact) mass is 396 g/mol. The lowest BCUT2D eigenvalue weighted by atomic mass is 9.79. The fourth-order valence-electron chi connectivity index (χ4n) is 2.87. The van der Waals surface area contributed by atoms with Crippen LogP contribution in [0.15, 0.2) is 24.3 Å². The number of phenols is 2. The number of ether oxygens (including phenoxy) is 2. The Labute approximate surface area is 159 Å². The fourth-order valence-corrected chi connectivity index (χ4v) is 2.87. The van der Waals surface area contributed by atoms with Crippen LogP contribution >= 0.6 is 0 Å². The van der Waals surface area contributed by atoms with Gasteiger partial charge in [0.25, 0.3) is 0 Å². The van der Waals surface area contributed by atoms with Crippen molar-refractivity contribution in [3.63, 3.8) is 0 Å². The molecule has 152 valence electrons. The molecule has 2 rings (SSSR count). The van der Waals surface area contributed by atoms with Crippen LogP contribution in [-0.2, 0) is 23.9 Å². The van der Waals surface area contributed by atoms with Gasteiger partial charge in [-0.05, 0) is 23.8 Å². The molecule has 0 spiro atoms. The van der Waals surface area contributed by atoms with Crippen molar-refractivity contribution in [2.75, 3.05) is 0 Å². The number of hydrogen-bond donors (Lipinski definition) is 5. The largest absolute Gasteiger partial charge is 0.504 e. The second-order valence-electron chi connectivity index (χ2n) is 6.44. The van der Waals surface area contributed by atoms with Gasteiger partial charge in [0, 0.05) is 25.8 Å². The molecule has 1 saturated carbocycles. The lowest BCUT2D eigenvalue weighted by Gasteiger charge is -2.40. The third-order valence-electron chi connectivity index (χ3n) is 4.21. The molecule has 1 aromatic carbocycles. The van der Waals surface area contributed by atoms with E-state index in [2.05, 4.69) is 0 Å². The highest BCUT2D eigenvalue weighted by Gasteiger charge is 2.52. The van der Waals surface area contributed by atoms with Gasteiger partial charge in [0.1, 0.15) is 6.10 Å². The van der Waals surface area contributed by atoms with Gasteiger partial charge >= 0.3 is 17.9 Å². The van der Waals surface area contributed by atoms with Gasteiger partial charge in [-0.3, -0.25) is 4.79 Å². The summed E-state index contributed by atoms with van der Waals surface area (Å²) in [4.78, 5) is 34.6. The molecule has 4 atom stereocenters. The number of carboxylic acid groups (broad SMARTS) is 1. The smallest absolute Gasteiger partial charge is 0.335 e. The first kappa shape index (κ1) is 21.2. The van der Waals surface area contributed by atoms with Crippen LogP contribution in [0, 0.1) is 0 Å². The molecule has 0 unspecified atom stereocenters. The van der Waals surface area contributed by atoms with Crippen LogP contribution in [-0.4, -0.2) is 67.4 Å². The lowest BCUT2D eigenvalue weighted by Crippen LogP contribution is -2.58. The van der Waals surface area contributed by atoms with E-state index in [4.69, 9.17) is 14.6 Å². The number of phenolic OH excluding ortho intramolecular Hbond substituents is 2. The van der Waals surface area contributed by atoms with Crippen LogP contribution in [0.5, 0.6) is 11.5 Å². The van der Waals surface area contributed by atoms with E-state index in [0.717, 1.165) is 13.0 Å². The van der Waals surface area contributed by atoms with E-state index in [-0.39, 0.29) is 5.75 Å². The van der Waals surface area contributed by atoms with Crippen molar-refractivity contribution in [1.29, 1.82) is 0 Å². The van der Waals surface area contributed by atoms with Crippen molar-refractivity contribution in [1.82, 2.24) is 0 Å². The average molecular weight is 396 g/mol. The van der Waals surface area contributed by atoms with Crippen LogP contribution < -0.4 is 0 Å². The molecule has 0 bridgehead atoms. The van der Waals surface area contributed by atoms with Crippen molar-refractivity contribution in [3.05, 3.63) is 29.8 Å². The van der Waals surface area contributed by atoms with Gasteiger partial charge in [-0.2, -0.15) is 0 Å². The highest BCUT2D eigenvalue weighted by molar-refractivity contribution is 5.87. The summed E-state index contributed by atoms with van der Waals surface area (Å²) < 4.78 is 10.0. The summed E-state index contributed by atoms with van der Waals surface area (Å²) in [6.45, 7) is 1.07. The van der Waals surface area contributed by atoms with Gasteiger partial charge in [0.2, 0.25) is 0 Å². The molecule has 1 aliphatic carbocycles. The minimum absolute atomic E-state index is 0.340. The number of esters is 2. The van der Waals surface area contributed by atoms with E-state index in [9.17, 15) is 34.8 Å². The van der Waals surface area contributed by atoms with Gasteiger partial charge in [-0.25, -0.2) is 9.59 Å². The zero-order valence-corrected chi connectivity index (χ0v) is 14.8. The van der Waals surface area contributed by atoms with E-state index in [0.29, 0.717) is 5.56 Å². The molecule has 10 heteroatoms. The maximum Gasteiger partial charge on any atom is 0.335 e. The Bertz CT molecular complexity index is 802. The van der Waals surface area contributed by atoms with Crippen molar-refractivity contribution < 1.29 is 49.4 Å². The molecule has 1 aliphatic rings. The van der Waals surface area contributed by atoms with Gasteiger partial charge in [-0.1, -0.05) is 6.07 Å². The van der Waals surface area contributed by atoms with E-state index >= 15 is 0 Å². The van der Waals surface area contributed by atoms with Crippen LogP contribution in [0.25, 0.3) is 6.08 Å². The topological polar surface area (TPSA) is 171 Å². The maximum atomic E-state index is 12.1. The predicted octanol–water partition coefficient (Wildman–Crippen LogP) is -0.0751. The second kappa shape index (κ2) is 8.28. The fraction of sp³-hybridized carbons (Fsp3) is 0.389. The Kier molecular flexibility index (Phi) is 6.26. The molecular formula is C18H20O10. The number of benzene rings is 1. The Morgan fingerprint density at radius 2 is 1.82 bits per heavy atom. The molecule has 5 N–H and O–H groups in total. The number of rotatable bonds is 5. The van der Waals surface area contributed by atoms with Gasteiger partial charge in [-0.15, -0.1) is 0 Å². The van der Waals surface area contributed by atoms with E-state index in [1.54, 1.807) is 0 Å². The molecule has 0 aromatic heterocycles. The normalized spacial score (nSPS) is 27.3. The first-order valence-electron chi connectivity index (χ1n) is 8.23. The quantitative estimate of drug-likeness (QED) is 0.258. The summed E-state index contributed by atoms with van der Waals surface area (Å²) in [5.74, 6) is -4.08. The SMILES string of the molecule is CC(=O)O[C@@H]1[C@H](O)C[C@@](O)(C(=O)O)C[C@H]1OC(=O)/C=C/c1ccc(O)c(O)c1. The Balaban J connectivity index is 2.16. The molecule has 0 aliphatic heterocycles. The number of aliphatic hydroxyl groups is 2. The van der Waals surface area contributed by atoms with E-state index in [1.807, 2.05) is 0 Å². The number of carboxylic acids is 1. The zero-order chi connectivity index (χ0) is 21.1. The van der Waals surface area contributed by atoms with E-state index < -0.39 is 60.4 Å². The van der Waals surface area contributed by atoms with Gasteiger partial charge < -0.3 is 35.0 Å². The number of hydrogen-bond acceptors (Lipinski definition) is 9. The van der Waals surface area contributed by atoms with Crippen LogP contribution in [0.1, 0.15) is 25.3 Å². The molecule has 28 heavy (non-hydrogen) atoms. The highest BCUT2D eigenvalue weighted by Crippen LogP contribution is 2.33. The van der Waals surface area contributed by atoms with Gasteiger partial charge in [0.15, 0.2) is 23.2 Å². The maximum absolute atomic E-state index is 12.1. The summed E-state index contributed by atoms with van der Waals surface area (Å²) in [7, 11) is 0. The minimum atomic E-state index is -2.35. The van der Waals surface area contributed by atoms with Crippen LogP contribution in [0.3, 0.4) is 0 Å². The molecule has 0 amide bonds. The number of aliphatic hydroxyl groups excluding tert-OH is 1. The number of aliphatic carboxylic acids is 1. The lowest BCUT2D eigenvalue weighted by molar-refractivity contribution is -0.205. The molecular weight excluding hydrogens is 376 g/mol. The molecule has 10 nitrogen and oxygen atoms in total. The molecule has 0 saturated heterocycles. The van der Waals surface area contributed by atoms with Crippen molar-refractivity contribution >= 4 is 24.0 Å². The molecule has 0 radical (unpaired) electrons. The second-order valence-corrected chi connectivity index (χ2v) is 6.44. The minimum Gasteiger partial charge on any atom is -0.504 e. The third-order valence-corrected chi connectivity index (χ3v) is 4.21. The summed E-state index contributed by atoms with van der Waals surface area (Å²) in [6.07, 6.45) is -3.28. The van der Waals surface area contributed by atoms with Crippen molar-refractivity contribution in [2.45, 2.75) is 43.7 Å². The van der Waals surface area contributed by atoms with Crippen molar-refractivity contribution in [2.24, 2.45) is 0 Å². The van der Waals surface area contributed by atoms with E-state index in [1.165, 1.54) is 24.3 Å². The highest BCUT2D eigenvalue weighted by atomic mass is 16.6. The first-order valence-corrected chi connectivity index (χ1v) is 8.23. The summed E-state index contributed by atoms with van der Waals surface area (Å²) in [5.41, 5.74) is -2.00. The Hall–Kier alpha value is -3.11.